The van der Waals surface area contributed by atoms with E-state index >= 15 is 0 Å². The Morgan fingerprint density at radius 1 is 1.03 bits per heavy atom. The predicted molar refractivity (Wildman–Crippen MR) is 227 cm³/mol. The van der Waals surface area contributed by atoms with Crippen molar-refractivity contribution in [2.45, 2.75) is 89.4 Å². The summed E-state index contributed by atoms with van der Waals surface area (Å²) in [4.78, 5) is 48.6. The van der Waals surface area contributed by atoms with Gasteiger partial charge in [0.25, 0.3) is 0 Å². The van der Waals surface area contributed by atoms with Gasteiger partial charge in [-0.05, 0) is 132 Å². The van der Waals surface area contributed by atoms with Gasteiger partial charge >= 0.3 is 6.18 Å². The van der Waals surface area contributed by atoms with E-state index in [0.29, 0.717) is 71.4 Å². The third kappa shape index (κ3) is 10.6. The summed E-state index contributed by atoms with van der Waals surface area (Å²) in [6.45, 7) is 6.55. The predicted octanol–water partition coefficient (Wildman–Crippen LogP) is 7.12. The van der Waals surface area contributed by atoms with Crippen LogP contribution in [-0.2, 0) is 20.6 Å². The molecule has 326 valence electrons. The zero-order chi connectivity index (χ0) is 43.5. The van der Waals surface area contributed by atoms with Crippen molar-refractivity contribution in [3.05, 3.63) is 77.1 Å². The second-order valence-electron chi connectivity index (χ2n) is 16.9. The van der Waals surface area contributed by atoms with Crippen molar-refractivity contribution in [1.82, 2.24) is 25.5 Å². The van der Waals surface area contributed by atoms with Gasteiger partial charge in [-0.2, -0.15) is 13.2 Å². The van der Waals surface area contributed by atoms with Crippen LogP contribution in [0.4, 0.5) is 30.4 Å². The third-order valence-corrected chi connectivity index (χ3v) is 12.4. The van der Waals surface area contributed by atoms with Gasteiger partial charge in [-0.3, -0.25) is 19.7 Å². The molecule has 16 heteroatoms. The number of anilines is 3. The molecule has 3 fully saturated rings. The standard InChI is InChI=1S/C45H55F3N8O5/c1-26(31-19-32(45(46,47)48)21-33(49)20-31)51-41-35-22-39(38(60-4)23-37(35)52-27(2)53-41)61-25-44(14-15-44)24-30(42(58)50-3)13-18-56-16-11-29(12-17-56)28-5-7-34(8-6-28)54-36-9-10-40(57)55-43(36)59/h5-8,19-23,26,29-30,36,54H,9-18,24-25,49H2,1-4H3,(H,50,58)(H,51,52,53)(H,55,57,59). The van der Waals surface area contributed by atoms with Crippen LogP contribution in [0.15, 0.2) is 54.6 Å². The number of piperidine rings is 2. The van der Waals surface area contributed by atoms with Crippen LogP contribution in [0.25, 0.3) is 10.9 Å². The van der Waals surface area contributed by atoms with E-state index in [-0.39, 0.29) is 34.7 Å². The average molecular weight is 845 g/mol. The summed E-state index contributed by atoms with van der Waals surface area (Å²) in [6.07, 6.45) is 1.56. The summed E-state index contributed by atoms with van der Waals surface area (Å²) in [7, 11) is 3.24. The first-order chi connectivity index (χ1) is 29.1. The Hall–Kier alpha value is -5.64. The molecular weight excluding hydrogens is 790 g/mol. The Labute approximate surface area is 353 Å². The van der Waals surface area contributed by atoms with Gasteiger partial charge in [-0.15, -0.1) is 0 Å². The van der Waals surface area contributed by atoms with E-state index in [1.54, 1.807) is 40.1 Å². The van der Waals surface area contributed by atoms with Crippen molar-refractivity contribution in [1.29, 1.82) is 0 Å². The number of amides is 3. The fourth-order valence-electron chi connectivity index (χ4n) is 8.59. The molecule has 0 radical (unpaired) electrons. The Morgan fingerprint density at radius 3 is 2.43 bits per heavy atom. The number of nitrogens with two attached hydrogens (primary N) is 1. The van der Waals surface area contributed by atoms with Crippen molar-refractivity contribution in [3.8, 4) is 11.5 Å². The lowest BCUT2D eigenvalue weighted by molar-refractivity contribution is -0.137. The number of likely N-dealkylation sites (tertiary alicyclic amines) is 1. The molecule has 13 nitrogen and oxygen atoms in total. The van der Waals surface area contributed by atoms with E-state index in [1.807, 2.05) is 12.1 Å². The molecule has 0 spiro atoms. The maximum absolute atomic E-state index is 13.6. The maximum atomic E-state index is 13.6. The number of aryl methyl sites for hydroxylation is 1. The van der Waals surface area contributed by atoms with Gasteiger partial charge in [-0.1, -0.05) is 12.1 Å². The number of hydrogen-bond donors (Lipinski definition) is 5. The summed E-state index contributed by atoms with van der Waals surface area (Å²) in [5, 5.41) is 12.4. The molecule has 1 saturated carbocycles. The first-order valence-corrected chi connectivity index (χ1v) is 21.0. The first kappa shape index (κ1) is 43.4. The third-order valence-electron chi connectivity index (χ3n) is 12.4. The van der Waals surface area contributed by atoms with Crippen LogP contribution in [0.3, 0.4) is 0 Å². The molecule has 6 N–H and O–H groups in total. The number of carbonyl (C=O) groups is 3. The highest BCUT2D eigenvalue weighted by Crippen LogP contribution is 2.52. The number of nitrogens with one attached hydrogen (secondary N) is 4. The number of imide groups is 1. The number of halogens is 3. The van der Waals surface area contributed by atoms with Crippen LogP contribution in [0.5, 0.6) is 11.5 Å². The lowest BCUT2D eigenvalue weighted by atomic mass is 9.87. The zero-order valence-electron chi connectivity index (χ0n) is 35.1. The van der Waals surface area contributed by atoms with Crippen LogP contribution < -0.4 is 36.5 Å². The highest BCUT2D eigenvalue weighted by Gasteiger charge is 2.46. The number of rotatable bonds is 16. The second kappa shape index (κ2) is 18.1. The summed E-state index contributed by atoms with van der Waals surface area (Å²) in [5.74, 6) is 1.61. The van der Waals surface area contributed by atoms with Crippen LogP contribution in [0, 0.1) is 18.3 Å². The molecule has 3 amide bonds. The summed E-state index contributed by atoms with van der Waals surface area (Å²) < 4.78 is 53.0. The summed E-state index contributed by atoms with van der Waals surface area (Å²) in [6, 6.07) is 14.3. The SMILES string of the molecule is CNC(=O)C(CCN1CCC(c2ccc(NC3CCC(=O)NC3=O)cc2)CC1)CC1(COc2cc3c(NC(C)c4cc(N)cc(C(F)(F)F)c4)nc(C)nc3cc2OC)CC1. The van der Waals surface area contributed by atoms with Crippen LogP contribution in [0.1, 0.15) is 92.8 Å². The Balaban J connectivity index is 0.955. The van der Waals surface area contributed by atoms with E-state index in [2.05, 4.69) is 48.3 Å². The van der Waals surface area contributed by atoms with Gasteiger partial charge in [0.15, 0.2) is 11.5 Å². The Bertz CT molecular complexity index is 2240. The minimum Gasteiger partial charge on any atom is -0.493 e. The number of methoxy groups -OCH3 is 1. The fraction of sp³-hybridized carbons (Fsp3) is 0.489. The van der Waals surface area contributed by atoms with Crippen molar-refractivity contribution in [3.63, 3.8) is 0 Å². The molecular formula is C45H55F3N8O5. The largest absolute Gasteiger partial charge is 0.493 e. The maximum Gasteiger partial charge on any atom is 0.416 e. The molecule has 1 aromatic heterocycles. The van der Waals surface area contributed by atoms with Gasteiger partial charge in [-0.25, -0.2) is 9.97 Å². The van der Waals surface area contributed by atoms with Crippen LogP contribution in [-0.4, -0.2) is 79.0 Å². The van der Waals surface area contributed by atoms with Gasteiger partial charge < -0.3 is 36.1 Å². The average Bonchev–Trinajstić information content (AvgIpc) is 4.01. The van der Waals surface area contributed by atoms with Crippen LogP contribution >= 0.6 is 0 Å². The number of nitrogens with zero attached hydrogens (tertiary/aromatic N) is 3. The molecule has 2 aliphatic heterocycles. The van der Waals surface area contributed by atoms with E-state index < -0.39 is 23.8 Å². The van der Waals surface area contributed by atoms with Gasteiger partial charge in [0.2, 0.25) is 17.7 Å². The van der Waals surface area contributed by atoms with E-state index in [4.69, 9.17) is 15.2 Å². The number of ether oxygens (including phenoxy) is 2. The molecule has 0 bridgehead atoms. The number of aromatic nitrogens is 2. The monoisotopic (exact) mass is 844 g/mol. The second-order valence-corrected chi connectivity index (χ2v) is 16.9. The smallest absolute Gasteiger partial charge is 0.416 e. The fourth-order valence-corrected chi connectivity index (χ4v) is 8.59. The molecule has 1 aliphatic carbocycles. The van der Waals surface area contributed by atoms with E-state index in [0.717, 1.165) is 69.6 Å². The molecule has 3 unspecified atom stereocenters. The van der Waals surface area contributed by atoms with Crippen molar-refractivity contribution < 1.29 is 37.0 Å². The Morgan fingerprint density at radius 2 is 1.77 bits per heavy atom. The molecule has 3 aliphatic rings. The minimum absolute atomic E-state index is 0.0130. The number of nitrogen functional groups attached to an aromatic ring is 1. The Kier molecular flexibility index (Phi) is 12.9. The molecule has 3 atom stereocenters. The first-order valence-electron chi connectivity index (χ1n) is 21.0. The van der Waals surface area contributed by atoms with Crippen molar-refractivity contribution in [2.75, 3.05) is 56.8 Å². The number of carbonyl (C=O) groups excluding carboxylic acids is 3. The van der Waals surface area contributed by atoms with Gasteiger partial charge in [0.05, 0.1) is 30.8 Å². The summed E-state index contributed by atoms with van der Waals surface area (Å²) in [5.41, 5.74) is 7.94. The van der Waals surface area contributed by atoms with Gasteiger partial charge in [0.1, 0.15) is 17.7 Å². The van der Waals surface area contributed by atoms with E-state index in [1.165, 1.54) is 11.6 Å². The molecule has 7 rings (SSSR count). The van der Waals surface area contributed by atoms with Crippen LogP contribution in [0.2, 0.25) is 0 Å². The van der Waals surface area contributed by atoms with E-state index in [9.17, 15) is 27.6 Å². The van der Waals surface area contributed by atoms with Gasteiger partial charge in [0, 0.05) is 47.6 Å². The number of alkyl halides is 3. The highest BCUT2D eigenvalue weighted by atomic mass is 19.4. The van der Waals surface area contributed by atoms with Crippen molar-refractivity contribution in [2.24, 2.45) is 11.3 Å². The lowest BCUT2D eigenvalue weighted by Gasteiger charge is -2.33. The highest BCUT2D eigenvalue weighted by molar-refractivity contribution is 6.01. The molecule has 4 aromatic rings. The number of hydrogen-bond acceptors (Lipinski definition) is 11. The topological polar surface area (TPSA) is 173 Å². The zero-order valence-corrected chi connectivity index (χ0v) is 35.1. The number of benzene rings is 3. The quantitative estimate of drug-likeness (QED) is 0.0575. The molecule has 2 saturated heterocycles. The minimum atomic E-state index is -4.54. The summed E-state index contributed by atoms with van der Waals surface area (Å²) >= 11 is 0. The normalized spacial score (nSPS) is 19.2. The molecule has 3 heterocycles. The number of fused-ring (bicyclic) bond motifs is 1. The molecule has 61 heavy (non-hydrogen) atoms. The lowest BCUT2D eigenvalue weighted by Crippen LogP contribution is -2.47. The molecule has 3 aromatic carbocycles. The van der Waals surface area contributed by atoms with Crippen molar-refractivity contribution >= 4 is 45.8 Å².